The lowest BCUT2D eigenvalue weighted by Crippen LogP contribution is -2.30. The highest BCUT2D eigenvalue weighted by Gasteiger charge is 2.25. The first-order chi connectivity index (χ1) is 7.43. The summed E-state index contributed by atoms with van der Waals surface area (Å²) in [5.74, 6) is 1.26. The third kappa shape index (κ3) is 1.72. The van der Waals surface area contributed by atoms with Crippen molar-refractivity contribution in [3.63, 3.8) is 0 Å². The number of aliphatic imine (C=N–C) groups is 1. The third-order valence-corrected chi connectivity index (χ3v) is 3.76. The van der Waals surface area contributed by atoms with E-state index in [-0.39, 0.29) is 0 Å². The molecular formula is C12H14N2S. The van der Waals surface area contributed by atoms with Crippen LogP contribution in [0.2, 0.25) is 0 Å². The zero-order valence-electron chi connectivity index (χ0n) is 8.65. The van der Waals surface area contributed by atoms with Crippen LogP contribution in [0.3, 0.4) is 0 Å². The Balaban J connectivity index is 1.91. The number of amidine groups is 1. The summed E-state index contributed by atoms with van der Waals surface area (Å²) < 4.78 is 0. The maximum atomic E-state index is 4.63. The van der Waals surface area contributed by atoms with Crippen molar-refractivity contribution in [1.29, 1.82) is 0 Å². The second kappa shape index (κ2) is 3.81. The van der Waals surface area contributed by atoms with E-state index >= 15 is 0 Å². The molecule has 0 unspecified atom stereocenters. The minimum atomic E-state index is 1.01. The van der Waals surface area contributed by atoms with Crippen molar-refractivity contribution in [2.24, 2.45) is 4.99 Å². The Labute approximate surface area is 93.9 Å². The summed E-state index contributed by atoms with van der Waals surface area (Å²) in [5.41, 5.74) is 1.43. The molecule has 1 aromatic rings. The lowest BCUT2D eigenvalue weighted by molar-refractivity contribution is 0.427. The lowest BCUT2D eigenvalue weighted by atomic mass is 10.2. The maximum absolute atomic E-state index is 4.63. The fourth-order valence-corrected chi connectivity index (χ4v) is 2.91. The van der Waals surface area contributed by atoms with Crippen LogP contribution in [0.1, 0.15) is 17.7 Å². The van der Waals surface area contributed by atoms with Gasteiger partial charge in [-0.25, -0.2) is 0 Å². The predicted octanol–water partition coefficient (Wildman–Crippen LogP) is 2.64. The fraction of sp³-hybridized carbons (Fsp3) is 0.417. The molecule has 0 atom stereocenters. The molecule has 1 aromatic heterocycles. The molecule has 3 heteroatoms. The van der Waals surface area contributed by atoms with Gasteiger partial charge >= 0.3 is 0 Å². The van der Waals surface area contributed by atoms with Crippen molar-refractivity contribution in [2.75, 3.05) is 19.6 Å². The van der Waals surface area contributed by atoms with Gasteiger partial charge in [-0.05, 0) is 35.9 Å². The molecule has 0 aliphatic carbocycles. The van der Waals surface area contributed by atoms with Crippen molar-refractivity contribution < 1.29 is 0 Å². The molecule has 0 bridgehead atoms. The van der Waals surface area contributed by atoms with Gasteiger partial charge in [-0.15, -0.1) is 11.3 Å². The van der Waals surface area contributed by atoms with E-state index in [1.165, 1.54) is 29.3 Å². The molecule has 2 nitrogen and oxygen atoms in total. The Kier molecular flexibility index (Phi) is 2.33. The molecular weight excluding hydrogens is 204 g/mol. The largest absolute Gasteiger partial charge is 0.356 e. The van der Waals surface area contributed by atoms with E-state index in [4.69, 9.17) is 0 Å². The van der Waals surface area contributed by atoms with Gasteiger partial charge in [-0.3, -0.25) is 4.99 Å². The molecule has 2 aliphatic rings. The first kappa shape index (κ1) is 9.16. The molecule has 3 heterocycles. The van der Waals surface area contributed by atoms with Crippen molar-refractivity contribution in [3.8, 4) is 0 Å². The van der Waals surface area contributed by atoms with E-state index in [0.717, 1.165) is 19.5 Å². The number of fused-ring (bicyclic) bond motifs is 1. The summed E-state index contributed by atoms with van der Waals surface area (Å²) >= 11 is 1.80. The molecule has 15 heavy (non-hydrogen) atoms. The normalized spacial score (nSPS) is 23.1. The van der Waals surface area contributed by atoms with Crippen LogP contribution in [0.25, 0.3) is 6.08 Å². The number of nitrogens with zero attached hydrogens (tertiary/aromatic N) is 2. The zero-order chi connectivity index (χ0) is 10.1. The topological polar surface area (TPSA) is 15.6 Å². The van der Waals surface area contributed by atoms with Gasteiger partial charge in [-0.1, -0.05) is 6.07 Å². The second-order valence-corrected chi connectivity index (χ2v) is 4.96. The van der Waals surface area contributed by atoms with E-state index in [2.05, 4.69) is 33.5 Å². The van der Waals surface area contributed by atoms with Gasteiger partial charge in [0.2, 0.25) is 0 Å². The summed E-state index contributed by atoms with van der Waals surface area (Å²) in [6.45, 7) is 3.37. The van der Waals surface area contributed by atoms with Gasteiger partial charge in [0, 0.05) is 24.5 Å². The molecule has 0 aromatic carbocycles. The smallest absolute Gasteiger partial charge is 0.126 e. The van der Waals surface area contributed by atoms with Crippen molar-refractivity contribution in [1.82, 2.24) is 4.90 Å². The zero-order valence-corrected chi connectivity index (χ0v) is 9.46. The number of rotatable bonds is 1. The average molecular weight is 218 g/mol. The Morgan fingerprint density at radius 1 is 1.40 bits per heavy atom. The number of hydrogen-bond donors (Lipinski definition) is 0. The molecule has 0 spiro atoms. The Hall–Kier alpha value is -1.09. The van der Waals surface area contributed by atoms with Gasteiger partial charge in [0.05, 0.1) is 0 Å². The number of thiophene rings is 1. The van der Waals surface area contributed by atoms with E-state index in [1.807, 2.05) is 0 Å². The summed E-state index contributed by atoms with van der Waals surface area (Å²) in [6.07, 6.45) is 4.68. The van der Waals surface area contributed by atoms with Crippen molar-refractivity contribution in [2.45, 2.75) is 12.8 Å². The van der Waals surface area contributed by atoms with E-state index < -0.39 is 0 Å². The molecule has 1 saturated heterocycles. The van der Waals surface area contributed by atoms with Gasteiger partial charge < -0.3 is 4.90 Å². The SMILES string of the molecule is C(=C1/CCN2CCCN=C12)/c1cccs1. The highest BCUT2D eigenvalue weighted by Crippen LogP contribution is 2.25. The molecule has 0 amide bonds. The van der Waals surface area contributed by atoms with Crippen molar-refractivity contribution >= 4 is 23.2 Å². The Bertz CT molecular complexity index is 403. The molecule has 0 N–H and O–H groups in total. The summed E-state index contributed by atoms with van der Waals surface area (Å²) in [6, 6.07) is 4.27. The van der Waals surface area contributed by atoms with Crippen LogP contribution >= 0.6 is 11.3 Å². The molecule has 0 saturated carbocycles. The van der Waals surface area contributed by atoms with Crippen LogP contribution in [0, 0.1) is 0 Å². The second-order valence-electron chi connectivity index (χ2n) is 3.98. The average Bonchev–Trinajstić information content (AvgIpc) is 2.89. The highest BCUT2D eigenvalue weighted by atomic mass is 32.1. The van der Waals surface area contributed by atoms with E-state index in [1.54, 1.807) is 11.3 Å². The molecule has 3 rings (SSSR count). The first-order valence-electron chi connectivity index (χ1n) is 5.47. The van der Waals surface area contributed by atoms with E-state index in [0.29, 0.717) is 0 Å². The van der Waals surface area contributed by atoms with Gasteiger partial charge in [0.25, 0.3) is 0 Å². The third-order valence-electron chi connectivity index (χ3n) is 2.95. The standard InChI is InChI=1S/C12H14N2S/c1-3-11(15-8-1)9-10-4-7-14-6-2-5-13-12(10)14/h1,3,8-9H,2,4-7H2/b10-9+. The Morgan fingerprint density at radius 3 is 3.27 bits per heavy atom. The summed E-state index contributed by atoms with van der Waals surface area (Å²) in [4.78, 5) is 8.40. The van der Waals surface area contributed by atoms with Gasteiger partial charge in [-0.2, -0.15) is 0 Å². The van der Waals surface area contributed by atoms with Gasteiger partial charge in [0.15, 0.2) is 0 Å². The maximum Gasteiger partial charge on any atom is 0.126 e. The van der Waals surface area contributed by atoms with Crippen molar-refractivity contribution in [3.05, 3.63) is 28.0 Å². The predicted molar refractivity (Wildman–Crippen MR) is 65.4 cm³/mol. The van der Waals surface area contributed by atoms with Crippen LogP contribution in [0.4, 0.5) is 0 Å². The first-order valence-corrected chi connectivity index (χ1v) is 6.35. The molecule has 0 radical (unpaired) electrons. The van der Waals surface area contributed by atoms with E-state index in [9.17, 15) is 0 Å². The quantitative estimate of drug-likeness (QED) is 0.707. The van der Waals surface area contributed by atoms with Crippen LogP contribution in [0.5, 0.6) is 0 Å². The minimum absolute atomic E-state index is 1.01. The lowest BCUT2D eigenvalue weighted by Gasteiger charge is -2.22. The monoisotopic (exact) mass is 218 g/mol. The number of hydrogen-bond acceptors (Lipinski definition) is 3. The minimum Gasteiger partial charge on any atom is -0.356 e. The molecule has 78 valence electrons. The van der Waals surface area contributed by atoms with Gasteiger partial charge in [0.1, 0.15) is 5.84 Å². The van der Waals surface area contributed by atoms with Crippen LogP contribution < -0.4 is 0 Å². The van der Waals surface area contributed by atoms with Crippen LogP contribution in [-0.2, 0) is 0 Å². The van der Waals surface area contributed by atoms with Crippen LogP contribution in [-0.4, -0.2) is 30.4 Å². The fourth-order valence-electron chi connectivity index (χ4n) is 2.22. The Morgan fingerprint density at radius 2 is 2.40 bits per heavy atom. The summed E-state index contributed by atoms with van der Waals surface area (Å²) in [7, 11) is 0. The summed E-state index contributed by atoms with van der Waals surface area (Å²) in [5, 5.41) is 2.13. The molecule has 1 fully saturated rings. The highest BCUT2D eigenvalue weighted by molar-refractivity contribution is 7.10. The molecule has 2 aliphatic heterocycles. The van der Waals surface area contributed by atoms with Crippen LogP contribution in [0.15, 0.2) is 28.1 Å².